The molecule has 0 saturated heterocycles. The maximum absolute atomic E-state index is 11.9. The Labute approximate surface area is 110 Å². The Kier molecular flexibility index (Phi) is 5.69. The van der Waals surface area contributed by atoms with Crippen molar-refractivity contribution in [2.45, 2.75) is 52.7 Å². The van der Waals surface area contributed by atoms with E-state index < -0.39 is 6.10 Å². The van der Waals surface area contributed by atoms with Crippen LogP contribution in [0.3, 0.4) is 0 Å². The summed E-state index contributed by atoms with van der Waals surface area (Å²) in [4.78, 5) is 11.9. The highest BCUT2D eigenvalue weighted by Gasteiger charge is 2.17. The number of ether oxygens (including phenoxy) is 1. The molecule has 1 rings (SSSR count). The van der Waals surface area contributed by atoms with E-state index in [1.54, 1.807) is 6.92 Å². The van der Waals surface area contributed by atoms with Crippen LogP contribution < -0.4 is 10.1 Å². The number of aryl methyl sites for hydroxylation is 1. The highest BCUT2D eigenvalue weighted by atomic mass is 16.5. The van der Waals surface area contributed by atoms with E-state index in [0.29, 0.717) is 0 Å². The highest BCUT2D eigenvalue weighted by Crippen LogP contribution is 2.19. The summed E-state index contributed by atoms with van der Waals surface area (Å²) in [5, 5.41) is 2.92. The molecule has 3 heteroatoms. The van der Waals surface area contributed by atoms with E-state index >= 15 is 0 Å². The summed E-state index contributed by atoms with van der Waals surface area (Å²) in [5.74, 6) is 0.738. The van der Waals surface area contributed by atoms with Crippen molar-refractivity contribution in [3.05, 3.63) is 29.8 Å². The molecule has 0 bridgehead atoms. The van der Waals surface area contributed by atoms with Gasteiger partial charge in [0, 0.05) is 6.04 Å². The molecule has 0 spiro atoms. The molecule has 0 fully saturated rings. The number of benzene rings is 1. The quantitative estimate of drug-likeness (QED) is 0.841. The van der Waals surface area contributed by atoms with Crippen LogP contribution in [0.1, 0.15) is 39.7 Å². The predicted molar refractivity (Wildman–Crippen MR) is 73.8 cm³/mol. The average Bonchev–Trinajstić information content (AvgIpc) is 2.39. The smallest absolute Gasteiger partial charge is 0.260 e. The molecule has 1 amide bonds. The van der Waals surface area contributed by atoms with Crippen LogP contribution in [-0.2, 0) is 11.2 Å². The molecule has 0 saturated carbocycles. The van der Waals surface area contributed by atoms with Crippen molar-refractivity contribution in [2.24, 2.45) is 0 Å². The van der Waals surface area contributed by atoms with E-state index in [0.717, 1.165) is 24.2 Å². The van der Waals surface area contributed by atoms with Crippen LogP contribution in [-0.4, -0.2) is 18.1 Å². The van der Waals surface area contributed by atoms with Gasteiger partial charge in [0.15, 0.2) is 6.10 Å². The summed E-state index contributed by atoms with van der Waals surface area (Å²) < 4.78 is 5.73. The molecule has 1 N–H and O–H groups in total. The lowest BCUT2D eigenvalue weighted by Gasteiger charge is -2.19. The second-order valence-corrected chi connectivity index (χ2v) is 4.54. The fraction of sp³-hybridized carbons (Fsp3) is 0.533. The summed E-state index contributed by atoms with van der Waals surface area (Å²) in [6.07, 6.45) is 1.35. The third-order valence-electron chi connectivity index (χ3n) is 3.03. The minimum atomic E-state index is -0.466. The van der Waals surface area contributed by atoms with Gasteiger partial charge in [0.1, 0.15) is 5.75 Å². The number of para-hydroxylation sites is 1. The molecule has 0 aliphatic heterocycles. The van der Waals surface area contributed by atoms with Gasteiger partial charge in [-0.05, 0) is 38.3 Å². The largest absolute Gasteiger partial charge is 0.481 e. The van der Waals surface area contributed by atoms with Crippen molar-refractivity contribution in [3.63, 3.8) is 0 Å². The van der Waals surface area contributed by atoms with Gasteiger partial charge >= 0.3 is 0 Å². The Morgan fingerprint density at radius 3 is 2.56 bits per heavy atom. The number of hydrogen-bond donors (Lipinski definition) is 1. The Morgan fingerprint density at radius 2 is 1.94 bits per heavy atom. The predicted octanol–water partition coefficient (Wildman–Crippen LogP) is 2.93. The number of hydrogen-bond acceptors (Lipinski definition) is 2. The molecule has 18 heavy (non-hydrogen) atoms. The number of rotatable bonds is 6. The zero-order chi connectivity index (χ0) is 13.5. The summed E-state index contributed by atoms with van der Waals surface area (Å²) >= 11 is 0. The van der Waals surface area contributed by atoms with Crippen molar-refractivity contribution in [2.75, 3.05) is 0 Å². The van der Waals surface area contributed by atoms with Crippen LogP contribution in [0.15, 0.2) is 24.3 Å². The molecule has 2 atom stereocenters. The zero-order valence-electron chi connectivity index (χ0n) is 11.7. The van der Waals surface area contributed by atoms with Gasteiger partial charge in [-0.25, -0.2) is 0 Å². The topological polar surface area (TPSA) is 38.3 Å². The van der Waals surface area contributed by atoms with Crippen LogP contribution in [0, 0.1) is 0 Å². The minimum absolute atomic E-state index is 0.0599. The normalized spacial score (nSPS) is 13.8. The first-order chi connectivity index (χ1) is 8.58. The molecule has 0 heterocycles. The van der Waals surface area contributed by atoms with Crippen molar-refractivity contribution >= 4 is 5.91 Å². The molecule has 100 valence electrons. The van der Waals surface area contributed by atoms with Crippen LogP contribution >= 0.6 is 0 Å². The summed E-state index contributed by atoms with van der Waals surface area (Å²) in [6, 6.07) is 8.02. The van der Waals surface area contributed by atoms with Crippen LogP contribution in [0.2, 0.25) is 0 Å². The van der Waals surface area contributed by atoms with E-state index in [1.807, 2.05) is 38.1 Å². The second-order valence-electron chi connectivity index (χ2n) is 4.54. The molecule has 1 aromatic rings. The minimum Gasteiger partial charge on any atom is -0.481 e. The lowest BCUT2D eigenvalue weighted by atomic mass is 10.1. The summed E-state index contributed by atoms with van der Waals surface area (Å²) in [7, 11) is 0. The van der Waals surface area contributed by atoms with Gasteiger partial charge in [-0.15, -0.1) is 0 Å². The molecular formula is C15H23NO2. The Morgan fingerprint density at radius 1 is 1.28 bits per heavy atom. The average molecular weight is 249 g/mol. The lowest BCUT2D eigenvalue weighted by molar-refractivity contribution is -0.127. The molecule has 0 radical (unpaired) electrons. The number of amides is 1. The molecule has 0 aromatic heterocycles. The summed E-state index contributed by atoms with van der Waals surface area (Å²) in [5.41, 5.74) is 1.13. The van der Waals surface area contributed by atoms with Crippen molar-refractivity contribution in [3.8, 4) is 5.75 Å². The Hall–Kier alpha value is -1.51. The molecular weight excluding hydrogens is 226 g/mol. The SMILES string of the molecule is CCc1ccccc1O[C@H](C)C(=O)N[C@H](C)CC. The molecule has 0 unspecified atom stereocenters. The fourth-order valence-electron chi connectivity index (χ4n) is 1.62. The zero-order valence-corrected chi connectivity index (χ0v) is 11.7. The summed E-state index contributed by atoms with van der Waals surface area (Å²) in [6.45, 7) is 7.89. The molecule has 1 aromatic carbocycles. The lowest BCUT2D eigenvalue weighted by Crippen LogP contribution is -2.41. The van der Waals surface area contributed by atoms with Gasteiger partial charge in [0.2, 0.25) is 0 Å². The van der Waals surface area contributed by atoms with Gasteiger partial charge in [-0.1, -0.05) is 32.0 Å². The Bertz CT molecular complexity index is 390. The fourth-order valence-corrected chi connectivity index (χ4v) is 1.62. The van der Waals surface area contributed by atoms with Gasteiger partial charge in [-0.2, -0.15) is 0 Å². The maximum atomic E-state index is 11.9. The van der Waals surface area contributed by atoms with Gasteiger partial charge in [0.25, 0.3) is 5.91 Å². The van der Waals surface area contributed by atoms with Crippen molar-refractivity contribution in [1.82, 2.24) is 5.32 Å². The maximum Gasteiger partial charge on any atom is 0.260 e. The third-order valence-corrected chi connectivity index (χ3v) is 3.03. The number of carbonyl (C=O) groups excluding carboxylic acids is 1. The standard InChI is InChI=1S/C15H23NO2/c1-5-11(3)16-15(17)12(4)18-14-10-8-7-9-13(14)6-2/h7-12H,5-6H2,1-4H3,(H,16,17)/t11-,12-/m1/s1. The van der Waals surface area contributed by atoms with E-state index in [2.05, 4.69) is 12.2 Å². The first-order valence-corrected chi connectivity index (χ1v) is 6.63. The van der Waals surface area contributed by atoms with Crippen LogP contribution in [0.4, 0.5) is 0 Å². The van der Waals surface area contributed by atoms with E-state index in [9.17, 15) is 4.79 Å². The number of nitrogens with one attached hydrogen (secondary N) is 1. The van der Waals surface area contributed by atoms with Crippen LogP contribution in [0.5, 0.6) is 5.75 Å². The van der Waals surface area contributed by atoms with E-state index in [4.69, 9.17) is 4.74 Å². The van der Waals surface area contributed by atoms with Crippen LogP contribution in [0.25, 0.3) is 0 Å². The van der Waals surface area contributed by atoms with Gasteiger partial charge in [-0.3, -0.25) is 4.79 Å². The van der Waals surface area contributed by atoms with Crippen molar-refractivity contribution < 1.29 is 9.53 Å². The number of carbonyl (C=O) groups is 1. The second kappa shape index (κ2) is 7.04. The third kappa shape index (κ3) is 4.06. The highest BCUT2D eigenvalue weighted by molar-refractivity contribution is 5.81. The van der Waals surface area contributed by atoms with E-state index in [1.165, 1.54) is 0 Å². The van der Waals surface area contributed by atoms with Gasteiger partial charge in [0.05, 0.1) is 0 Å². The first kappa shape index (κ1) is 14.6. The molecule has 0 aliphatic rings. The first-order valence-electron chi connectivity index (χ1n) is 6.63. The molecule has 0 aliphatic carbocycles. The molecule has 3 nitrogen and oxygen atoms in total. The monoisotopic (exact) mass is 249 g/mol. The van der Waals surface area contributed by atoms with Crippen molar-refractivity contribution in [1.29, 1.82) is 0 Å². The van der Waals surface area contributed by atoms with Gasteiger partial charge < -0.3 is 10.1 Å². The Balaban J connectivity index is 2.63. The van der Waals surface area contributed by atoms with E-state index in [-0.39, 0.29) is 11.9 Å².